The number of hydrogen-bond acceptors (Lipinski definition) is 0. The first-order valence-corrected chi connectivity index (χ1v) is 9.29. The smallest absolute Gasteiger partial charge is 1.00 e. The van der Waals surface area contributed by atoms with E-state index in [9.17, 15) is 0 Å². The first kappa shape index (κ1) is 19.3. The Hall–Kier alpha value is 0.270. The molecule has 0 radical (unpaired) electrons. The van der Waals surface area contributed by atoms with Crippen LogP contribution in [-0.2, 0) is 24.4 Å². The predicted octanol–water partition coefficient (Wildman–Crippen LogP) is -0.874. The summed E-state index contributed by atoms with van der Waals surface area (Å²) in [6, 6.07) is 8.92. The van der Waals surface area contributed by atoms with E-state index < -0.39 is 0 Å². The van der Waals surface area contributed by atoms with Crippen molar-refractivity contribution < 1.29 is 58.3 Å². The van der Waals surface area contributed by atoms with Crippen LogP contribution in [0, 0.1) is 0 Å². The topological polar surface area (TPSA) is 0 Å². The van der Waals surface area contributed by atoms with E-state index in [0.717, 1.165) is 6.42 Å². The summed E-state index contributed by atoms with van der Waals surface area (Å²) in [6.07, 6.45) is 12.2. The number of fused-ring (bicyclic) bond motifs is 1. The SMILES string of the molecule is CCCCC1=C(C2=Cc3ccccc3[CH]2[Hf+2])CC=C1.[Br-].[Br-]. The molecule has 3 heteroatoms. The van der Waals surface area contributed by atoms with E-state index >= 15 is 0 Å². The minimum absolute atomic E-state index is 0. The molecule has 109 valence electrons. The third kappa shape index (κ3) is 3.97. The molecular weight excluding hydrogens is 554 g/mol. The van der Waals surface area contributed by atoms with Gasteiger partial charge in [0, 0.05) is 0 Å². The molecule has 21 heavy (non-hydrogen) atoms. The number of benzene rings is 1. The summed E-state index contributed by atoms with van der Waals surface area (Å²) in [4.78, 5) is 0. The summed E-state index contributed by atoms with van der Waals surface area (Å²) >= 11 is 1.21. The van der Waals surface area contributed by atoms with Crippen molar-refractivity contribution in [2.75, 3.05) is 0 Å². The van der Waals surface area contributed by atoms with Crippen LogP contribution < -0.4 is 34.0 Å². The van der Waals surface area contributed by atoms with Crippen molar-refractivity contribution in [2.45, 2.75) is 36.3 Å². The van der Waals surface area contributed by atoms with Crippen molar-refractivity contribution in [1.29, 1.82) is 0 Å². The third-order valence-electron chi connectivity index (χ3n) is 4.11. The van der Waals surface area contributed by atoms with Gasteiger partial charge < -0.3 is 34.0 Å². The summed E-state index contributed by atoms with van der Waals surface area (Å²) in [7, 11) is 0. The van der Waals surface area contributed by atoms with Crippen molar-refractivity contribution >= 4 is 6.08 Å². The summed E-state index contributed by atoms with van der Waals surface area (Å²) in [5, 5.41) is 0. The first-order valence-electron chi connectivity index (χ1n) is 7.22. The molecule has 0 fully saturated rings. The Morgan fingerprint density at radius 2 is 1.95 bits per heavy atom. The number of hydrogen-bond donors (Lipinski definition) is 0. The molecule has 1 aromatic carbocycles. The van der Waals surface area contributed by atoms with Crippen LogP contribution in [0.5, 0.6) is 0 Å². The van der Waals surface area contributed by atoms with Gasteiger partial charge in [0.05, 0.1) is 0 Å². The van der Waals surface area contributed by atoms with Crippen LogP contribution in [0.15, 0.2) is 53.1 Å². The molecule has 0 N–H and O–H groups in total. The molecule has 0 saturated carbocycles. The summed E-state index contributed by atoms with van der Waals surface area (Å²) in [6.45, 7) is 2.28. The fourth-order valence-electron chi connectivity index (χ4n) is 3.04. The van der Waals surface area contributed by atoms with Gasteiger partial charge >= 0.3 is 131 Å². The molecule has 0 amide bonds. The van der Waals surface area contributed by atoms with Gasteiger partial charge in [-0.05, 0) is 0 Å². The second-order valence-electron chi connectivity index (χ2n) is 5.38. The van der Waals surface area contributed by atoms with E-state index in [4.69, 9.17) is 0 Å². The maximum absolute atomic E-state index is 2.45. The van der Waals surface area contributed by atoms with Gasteiger partial charge in [-0.2, -0.15) is 0 Å². The maximum atomic E-state index is 2.45. The van der Waals surface area contributed by atoms with E-state index in [1.165, 1.54) is 49.2 Å². The molecule has 1 unspecified atom stereocenters. The largest absolute Gasteiger partial charge is 1.00 e. The molecule has 0 bridgehead atoms. The Bertz CT molecular complexity index is 585. The fourth-order valence-corrected chi connectivity index (χ4v) is 4.91. The van der Waals surface area contributed by atoms with Crippen LogP contribution in [0.2, 0.25) is 0 Å². The molecule has 0 heterocycles. The summed E-state index contributed by atoms with van der Waals surface area (Å²) in [5.74, 6) is 0. The Morgan fingerprint density at radius 3 is 2.67 bits per heavy atom. The van der Waals surface area contributed by atoms with E-state index in [1.54, 1.807) is 22.3 Å². The van der Waals surface area contributed by atoms with Gasteiger partial charge in [-0.3, -0.25) is 0 Å². The summed E-state index contributed by atoms with van der Waals surface area (Å²) in [5.41, 5.74) is 7.85. The van der Waals surface area contributed by atoms with Gasteiger partial charge in [-0.15, -0.1) is 0 Å². The van der Waals surface area contributed by atoms with Gasteiger partial charge in [0.25, 0.3) is 0 Å². The third-order valence-corrected chi connectivity index (χ3v) is 6.34. The monoisotopic (exact) mass is 573 g/mol. The number of halogens is 2. The van der Waals surface area contributed by atoms with Gasteiger partial charge in [-0.25, -0.2) is 0 Å². The molecule has 0 aromatic heterocycles. The van der Waals surface area contributed by atoms with Gasteiger partial charge in [0.2, 0.25) is 0 Å². The van der Waals surface area contributed by atoms with E-state index in [0.29, 0.717) is 3.67 Å². The van der Waals surface area contributed by atoms with Crippen LogP contribution in [0.4, 0.5) is 0 Å². The molecule has 1 aromatic rings. The fraction of sp³-hybridized carbons (Fsp3) is 0.333. The zero-order valence-electron chi connectivity index (χ0n) is 12.2. The molecule has 1 atom stereocenters. The van der Waals surface area contributed by atoms with Crippen LogP contribution in [0.3, 0.4) is 0 Å². The molecule has 0 saturated heterocycles. The summed E-state index contributed by atoms with van der Waals surface area (Å²) < 4.78 is 0.697. The number of rotatable bonds is 4. The molecule has 2 aliphatic carbocycles. The quantitative estimate of drug-likeness (QED) is 0.411. The second kappa shape index (κ2) is 8.79. The molecule has 0 aliphatic heterocycles. The van der Waals surface area contributed by atoms with Gasteiger partial charge in [0.15, 0.2) is 0 Å². The Balaban J connectivity index is 0.00000110. The van der Waals surface area contributed by atoms with Crippen molar-refractivity contribution in [1.82, 2.24) is 0 Å². The van der Waals surface area contributed by atoms with Crippen molar-refractivity contribution in [3.63, 3.8) is 0 Å². The van der Waals surface area contributed by atoms with Crippen LogP contribution in [-0.4, -0.2) is 0 Å². The van der Waals surface area contributed by atoms with Gasteiger partial charge in [0.1, 0.15) is 0 Å². The Kier molecular flexibility index (Phi) is 8.08. The second-order valence-corrected chi connectivity index (χ2v) is 7.45. The van der Waals surface area contributed by atoms with Crippen molar-refractivity contribution in [3.05, 3.63) is 64.3 Å². The Morgan fingerprint density at radius 1 is 1.19 bits per heavy atom. The minimum atomic E-state index is 0. The molecule has 0 nitrogen and oxygen atoms in total. The molecule has 0 spiro atoms. The van der Waals surface area contributed by atoms with Crippen LogP contribution in [0.25, 0.3) is 6.08 Å². The first-order chi connectivity index (χ1) is 9.31. The van der Waals surface area contributed by atoms with Crippen molar-refractivity contribution in [3.8, 4) is 0 Å². The predicted molar refractivity (Wildman–Crippen MR) is 77.5 cm³/mol. The van der Waals surface area contributed by atoms with Crippen LogP contribution >= 0.6 is 0 Å². The standard InChI is InChI=1S/C18H19.2BrH.Hf/c1-2-3-7-14-10-6-11-18(14)17-12-15-8-4-5-9-16(15)13-17;;;/h4-6,8-10,12-13H,2-3,7,11H2,1H3;2*1H;/q;;;+2/p-2. The van der Waals surface area contributed by atoms with E-state index in [2.05, 4.69) is 49.4 Å². The molecule has 3 rings (SSSR count). The normalized spacial score (nSPS) is 19.0. The Labute approximate surface area is 163 Å². The number of unbranched alkanes of at least 4 members (excludes halogenated alkanes) is 1. The van der Waals surface area contributed by atoms with Crippen molar-refractivity contribution in [2.24, 2.45) is 0 Å². The average Bonchev–Trinajstić information content (AvgIpc) is 3.01. The molecular formula is C18H19Br2Hf. The minimum Gasteiger partial charge on any atom is -1.00 e. The molecule has 2 aliphatic rings. The maximum Gasteiger partial charge on any atom is -1.00 e. The van der Waals surface area contributed by atoms with E-state index in [1.807, 2.05) is 0 Å². The zero-order valence-corrected chi connectivity index (χ0v) is 19.0. The number of allylic oxidation sites excluding steroid dienone is 5. The van der Waals surface area contributed by atoms with Gasteiger partial charge in [-0.1, -0.05) is 0 Å². The van der Waals surface area contributed by atoms with Crippen LogP contribution in [0.1, 0.15) is 47.4 Å². The van der Waals surface area contributed by atoms with E-state index in [-0.39, 0.29) is 34.0 Å². The average molecular weight is 574 g/mol. The zero-order chi connectivity index (χ0) is 13.2.